The molecule has 1 aliphatic carbocycles. The lowest BCUT2D eigenvalue weighted by Crippen LogP contribution is -2.35. The average Bonchev–Trinajstić information content (AvgIpc) is 3.31. The van der Waals surface area contributed by atoms with E-state index in [1.807, 2.05) is 53.3 Å². The van der Waals surface area contributed by atoms with Gasteiger partial charge in [0.1, 0.15) is 5.75 Å². The fourth-order valence-electron chi connectivity index (χ4n) is 3.66. The summed E-state index contributed by atoms with van der Waals surface area (Å²) < 4.78 is 7.73. The van der Waals surface area contributed by atoms with Gasteiger partial charge in [-0.3, -0.25) is 4.68 Å². The minimum Gasteiger partial charge on any atom is -0.439 e. The number of hydrogen-bond donors (Lipinski definition) is 2. The van der Waals surface area contributed by atoms with Gasteiger partial charge < -0.3 is 15.2 Å². The molecule has 1 aliphatic rings. The molecule has 0 aliphatic heterocycles. The molecule has 2 aromatic heterocycles. The van der Waals surface area contributed by atoms with E-state index in [0.717, 1.165) is 30.7 Å². The van der Waals surface area contributed by atoms with Crippen LogP contribution in [0.5, 0.6) is 11.6 Å². The van der Waals surface area contributed by atoms with E-state index in [4.69, 9.17) is 4.74 Å². The van der Waals surface area contributed by atoms with Crippen LogP contribution in [-0.4, -0.2) is 32.0 Å². The number of aromatic nitrogens is 3. The highest BCUT2D eigenvalue weighted by molar-refractivity contribution is 5.31. The van der Waals surface area contributed by atoms with Gasteiger partial charge in [0.15, 0.2) is 0 Å². The third kappa shape index (κ3) is 4.72. The summed E-state index contributed by atoms with van der Waals surface area (Å²) in [7, 11) is 0. The van der Waals surface area contributed by atoms with Gasteiger partial charge in [-0.05, 0) is 48.6 Å². The Morgan fingerprint density at radius 2 is 2.07 bits per heavy atom. The van der Waals surface area contributed by atoms with Crippen LogP contribution in [0.2, 0.25) is 0 Å². The summed E-state index contributed by atoms with van der Waals surface area (Å²) in [5.74, 6) is 1.78. The zero-order valence-corrected chi connectivity index (χ0v) is 15.1. The summed E-state index contributed by atoms with van der Waals surface area (Å²) in [6, 6.07) is 15.6. The molecule has 140 valence electrons. The van der Waals surface area contributed by atoms with Crippen molar-refractivity contribution in [1.82, 2.24) is 20.1 Å². The van der Waals surface area contributed by atoms with Gasteiger partial charge in [0, 0.05) is 43.8 Å². The van der Waals surface area contributed by atoms with Crippen molar-refractivity contribution in [2.45, 2.75) is 38.1 Å². The van der Waals surface area contributed by atoms with Gasteiger partial charge in [-0.1, -0.05) is 18.2 Å². The van der Waals surface area contributed by atoms with Crippen molar-refractivity contribution >= 4 is 0 Å². The SMILES string of the molecule is O[C@@H]1CC(Cn2cccn2)C[C@H]1NCc1cccc(Oc2ccccn2)c1. The Hall–Kier alpha value is -2.70. The summed E-state index contributed by atoms with van der Waals surface area (Å²) in [5.41, 5.74) is 1.12. The summed E-state index contributed by atoms with van der Waals surface area (Å²) in [5, 5.41) is 18.2. The van der Waals surface area contributed by atoms with E-state index in [0.29, 0.717) is 18.3 Å². The van der Waals surface area contributed by atoms with Crippen molar-refractivity contribution in [1.29, 1.82) is 0 Å². The minimum atomic E-state index is -0.321. The van der Waals surface area contributed by atoms with Crippen molar-refractivity contribution in [2.24, 2.45) is 5.92 Å². The fourth-order valence-corrected chi connectivity index (χ4v) is 3.66. The van der Waals surface area contributed by atoms with E-state index in [2.05, 4.69) is 21.5 Å². The molecule has 1 unspecified atom stereocenters. The molecule has 0 amide bonds. The number of pyridine rings is 1. The molecule has 27 heavy (non-hydrogen) atoms. The highest BCUT2D eigenvalue weighted by Crippen LogP contribution is 2.28. The molecule has 0 saturated heterocycles. The maximum Gasteiger partial charge on any atom is 0.219 e. The first-order valence-electron chi connectivity index (χ1n) is 9.33. The number of ether oxygens (including phenoxy) is 1. The van der Waals surface area contributed by atoms with Gasteiger partial charge in [0.05, 0.1) is 6.10 Å². The second-order valence-corrected chi connectivity index (χ2v) is 7.04. The molecule has 6 nitrogen and oxygen atoms in total. The molecular weight excluding hydrogens is 340 g/mol. The van der Waals surface area contributed by atoms with E-state index in [9.17, 15) is 5.11 Å². The second-order valence-electron chi connectivity index (χ2n) is 7.04. The van der Waals surface area contributed by atoms with E-state index in [1.165, 1.54) is 0 Å². The van der Waals surface area contributed by atoms with E-state index >= 15 is 0 Å². The predicted octanol–water partition coefficient (Wildman–Crippen LogP) is 3.00. The molecule has 0 spiro atoms. The quantitative estimate of drug-likeness (QED) is 0.674. The molecule has 1 saturated carbocycles. The Labute approximate surface area is 158 Å². The normalized spacial score (nSPS) is 22.0. The lowest BCUT2D eigenvalue weighted by molar-refractivity contribution is 0.145. The lowest BCUT2D eigenvalue weighted by atomic mass is 10.1. The highest BCUT2D eigenvalue weighted by Gasteiger charge is 2.32. The number of nitrogens with zero attached hydrogens (tertiary/aromatic N) is 3. The van der Waals surface area contributed by atoms with E-state index in [-0.39, 0.29) is 12.1 Å². The van der Waals surface area contributed by atoms with Gasteiger partial charge in [-0.2, -0.15) is 5.10 Å². The monoisotopic (exact) mass is 364 g/mol. The molecule has 0 bridgehead atoms. The predicted molar refractivity (Wildman–Crippen MR) is 102 cm³/mol. The van der Waals surface area contributed by atoms with Crippen molar-refractivity contribution < 1.29 is 9.84 Å². The van der Waals surface area contributed by atoms with Crippen molar-refractivity contribution in [3.63, 3.8) is 0 Å². The van der Waals surface area contributed by atoms with Crippen LogP contribution in [0.1, 0.15) is 18.4 Å². The zero-order chi connectivity index (χ0) is 18.5. The molecule has 1 fully saturated rings. The Morgan fingerprint density at radius 3 is 2.89 bits per heavy atom. The molecule has 3 atom stereocenters. The topological polar surface area (TPSA) is 72.2 Å². The third-order valence-corrected chi connectivity index (χ3v) is 4.96. The largest absolute Gasteiger partial charge is 0.439 e. The molecular formula is C21H24N4O2. The molecule has 2 N–H and O–H groups in total. The number of benzene rings is 1. The van der Waals surface area contributed by atoms with Crippen molar-refractivity contribution in [3.8, 4) is 11.6 Å². The maximum atomic E-state index is 10.4. The van der Waals surface area contributed by atoms with Gasteiger partial charge in [-0.25, -0.2) is 4.98 Å². The summed E-state index contributed by atoms with van der Waals surface area (Å²) in [4.78, 5) is 4.18. The number of aliphatic hydroxyl groups excluding tert-OH is 1. The Bertz CT molecular complexity index is 838. The zero-order valence-electron chi connectivity index (χ0n) is 15.1. The van der Waals surface area contributed by atoms with Crippen molar-refractivity contribution in [2.75, 3.05) is 0 Å². The van der Waals surface area contributed by atoms with Crippen molar-refractivity contribution in [3.05, 3.63) is 72.7 Å². The van der Waals surface area contributed by atoms with Crippen LogP contribution in [0.15, 0.2) is 67.1 Å². The van der Waals surface area contributed by atoms with Crippen LogP contribution in [-0.2, 0) is 13.1 Å². The third-order valence-electron chi connectivity index (χ3n) is 4.96. The molecule has 3 aromatic rings. The summed E-state index contributed by atoms with van der Waals surface area (Å²) in [6.07, 6.45) is 6.91. The lowest BCUT2D eigenvalue weighted by Gasteiger charge is -2.17. The smallest absolute Gasteiger partial charge is 0.219 e. The van der Waals surface area contributed by atoms with Gasteiger partial charge in [-0.15, -0.1) is 0 Å². The fraction of sp³-hybridized carbons (Fsp3) is 0.333. The molecule has 4 rings (SSSR count). The Kier molecular flexibility index (Phi) is 5.46. The first kappa shape index (κ1) is 17.7. The number of rotatable bonds is 7. The van der Waals surface area contributed by atoms with Crippen LogP contribution < -0.4 is 10.1 Å². The highest BCUT2D eigenvalue weighted by atomic mass is 16.5. The summed E-state index contributed by atoms with van der Waals surface area (Å²) >= 11 is 0. The number of hydrogen-bond acceptors (Lipinski definition) is 5. The van der Waals surface area contributed by atoms with Crippen LogP contribution in [0, 0.1) is 5.92 Å². The van der Waals surface area contributed by atoms with E-state index < -0.39 is 0 Å². The molecule has 2 heterocycles. The van der Waals surface area contributed by atoms with Crippen LogP contribution in [0.4, 0.5) is 0 Å². The van der Waals surface area contributed by atoms with Crippen LogP contribution in [0.3, 0.4) is 0 Å². The van der Waals surface area contributed by atoms with Gasteiger partial charge >= 0.3 is 0 Å². The molecule has 1 aromatic carbocycles. The number of nitrogens with one attached hydrogen (secondary N) is 1. The standard InChI is InChI=1S/C21H24N4O2/c26-20-13-17(15-25-10-4-9-24-25)12-19(20)23-14-16-5-3-6-18(11-16)27-21-7-1-2-8-22-21/h1-11,17,19-20,23,26H,12-15H2/t17?,19-,20-/m1/s1. The maximum absolute atomic E-state index is 10.4. The first-order chi connectivity index (χ1) is 13.3. The van der Waals surface area contributed by atoms with Crippen LogP contribution >= 0.6 is 0 Å². The summed E-state index contributed by atoms with van der Waals surface area (Å²) in [6.45, 7) is 1.55. The average molecular weight is 364 g/mol. The molecule has 0 radical (unpaired) electrons. The number of aliphatic hydroxyl groups is 1. The Balaban J connectivity index is 1.31. The van der Waals surface area contributed by atoms with Gasteiger partial charge in [0.2, 0.25) is 5.88 Å². The van der Waals surface area contributed by atoms with Crippen LogP contribution in [0.25, 0.3) is 0 Å². The molecule has 6 heteroatoms. The first-order valence-corrected chi connectivity index (χ1v) is 9.33. The van der Waals surface area contributed by atoms with Gasteiger partial charge in [0.25, 0.3) is 0 Å². The Morgan fingerprint density at radius 1 is 1.11 bits per heavy atom. The second kappa shape index (κ2) is 8.33. The van der Waals surface area contributed by atoms with E-state index in [1.54, 1.807) is 12.4 Å². The minimum absolute atomic E-state index is 0.103.